The molecule has 2 heterocycles. The van der Waals surface area contributed by atoms with E-state index in [0.717, 1.165) is 5.56 Å². The predicted molar refractivity (Wildman–Crippen MR) is 96.9 cm³/mol. The van der Waals surface area contributed by atoms with E-state index in [9.17, 15) is 15.0 Å². The van der Waals surface area contributed by atoms with Gasteiger partial charge >= 0.3 is 5.63 Å². The smallest absolute Gasteiger partial charge is 0.336 e. The first kappa shape index (κ1) is 16.6. The van der Waals surface area contributed by atoms with E-state index >= 15 is 0 Å². The first-order valence-electron chi connectivity index (χ1n) is 8.07. The van der Waals surface area contributed by atoms with E-state index in [-0.39, 0.29) is 23.6 Å². The van der Waals surface area contributed by atoms with E-state index in [1.54, 1.807) is 18.0 Å². The van der Waals surface area contributed by atoms with Gasteiger partial charge in [0.05, 0.1) is 19.9 Å². The number of phenols is 2. The third-order valence-electron chi connectivity index (χ3n) is 4.18. The van der Waals surface area contributed by atoms with Crippen molar-refractivity contribution in [3.05, 3.63) is 64.6 Å². The highest BCUT2D eigenvalue weighted by atomic mass is 16.5. The van der Waals surface area contributed by atoms with Crippen LogP contribution in [0.2, 0.25) is 0 Å². The molecule has 0 aliphatic rings. The van der Waals surface area contributed by atoms with Gasteiger partial charge in [-0.25, -0.2) is 9.48 Å². The summed E-state index contributed by atoms with van der Waals surface area (Å²) in [5.74, 6) is 0.0173. The second kappa shape index (κ2) is 6.49. The van der Waals surface area contributed by atoms with Gasteiger partial charge in [0.1, 0.15) is 17.0 Å². The van der Waals surface area contributed by atoms with E-state index in [0.29, 0.717) is 22.4 Å². The number of aromatic nitrogens is 3. The number of methoxy groups -OCH3 is 1. The van der Waals surface area contributed by atoms with Crippen LogP contribution in [0.4, 0.5) is 0 Å². The Balaban J connectivity index is 1.74. The molecule has 0 amide bonds. The number of nitrogens with zero attached hydrogens (tertiary/aromatic N) is 3. The zero-order valence-electron chi connectivity index (χ0n) is 14.3. The monoisotopic (exact) mass is 365 g/mol. The van der Waals surface area contributed by atoms with Gasteiger partial charge < -0.3 is 19.4 Å². The van der Waals surface area contributed by atoms with Gasteiger partial charge in [-0.05, 0) is 23.8 Å². The fourth-order valence-electron chi connectivity index (χ4n) is 2.91. The Morgan fingerprint density at radius 3 is 2.74 bits per heavy atom. The first-order valence-corrected chi connectivity index (χ1v) is 8.07. The average molecular weight is 365 g/mol. The van der Waals surface area contributed by atoms with E-state index in [4.69, 9.17) is 9.15 Å². The van der Waals surface area contributed by atoms with Crippen molar-refractivity contribution >= 4 is 11.0 Å². The maximum Gasteiger partial charge on any atom is 0.336 e. The van der Waals surface area contributed by atoms with E-state index in [1.165, 1.54) is 18.2 Å². The number of benzene rings is 2. The van der Waals surface area contributed by atoms with Crippen LogP contribution >= 0.6 is 0 Å². The zero-order valence-corrected chi connectivity index (χ0v) is 14.3. The quantitative estimate of drug-likeness (QED) is 0.422. The van der Waals surface area contributed by atoms with Gasteiger partial charge in [-0.2, -0.15) is 0 Å². The third-order valence-corrected chi connectivity index (χ3v) is 4.18. The molecule has 136 valence electrons. The van der Waals surface area contributed by atoms with Crippen LogP contribution in [0.25, 0.3) is 22.2 Å². The SMILES string of the molecule is COc1ccccc1-c1cn(Cc2cc(=O)oc3cc(O)c(O)cc23)nn1. The molecule has 0 saturated carbocycles. The molecule has 0 atom stereocenters. The number of aromatic hydroxyl groups is 2. The van der Waals surface area contributed by atoms with E-state index in [1.807, 2.05) is 24.3 Å². The second-order valence-corrected chi connectivity index (χ2v) is 5.93. The van der Waals surface area contributed by atoms with Gasteiger partial charge in [0.25, 0.3) is 0 Å². The van der Waals surface area contributed by atoms with Crippen molar-refractivity contribution in [2.45, 2.75) is 6.54 Å². The van der Waals surface area contributed by atoms with Crippen molar-refractivity contribution < 1.29 is 19.4 Å². The Morgan fingerprint density at radius 1 is 1.15 bits per heavy atom. The molecule has 8 heteroatoms. The van der Waals surface area contributed by atoms with E-state index < -0.39 is 5.63 Å². The number of fused-ring (bicyclic) bond motifs is 1. The molecule has 2 aromatic carbocycles. The maximum absolute atomic E-state index is 11.8. The first-order chi connectivity index (χ1) is 13.0. The van der Waals surface area contributed by atoms with Crippen LogP contribution in [0.1, 0.15) is 5.56 Å². The predicted octanol–water partition coefficient (Wildman–Crippen LogP) is 2.52. The minimum absolute atomic E-state index is 0.179. The Bertz CT molecular complexity index is 1200. The van der Waals surface area contributed by atoms with Crippen molar-refractivity contribution in [3.63, 3.8) is 0 Å². The zero-order chi connectivity index (χ0) is 19.0. The molecule has 0 aliphatic carbocycles. The van der Waals surface area contributed by atoms with Gasteiger partial charge in [-0.1, -0.05) is 17.3 Å². The molecular formula is C19H15N3O5. The summed E-state index contributed by atoms with van der Waals surface area (Å²) in [6, 6.07) is 11.3. The Morgan fingerprint density at radius 2 is 1.93 bits per heavy atom. The highest BCUT2D eigenvalue weighted by Gasteiger charge is 2.13. The Hall–Kier alpha value is -3.81. The summed E-state index contributed by atoms with van der Waals surface area (Å²) in [7, 11) is 1.58. The molecule has 0 aliphatic heterocycles. The van der Waals surface area contributed by atoms with Crippen LogP contribution in [-0.4, -0.2) is 32.3 Å². The summed E-state index contributed by atoms with van der Waals surface area (Å²) >= 11 is 0. The summed E-state index contributed by atoms with van der Waals surface area (Å²) in [6.07, 6.45) is 1.73. The number of hydrogen-bond donors (Lipinski definition) is 2. The molecule has 0 bridgehead atoms. The topological polar surface area (TPSA) is 111 Å². The normalized spacial score (nSPS) is 11.0. The van der Waals surface area contributed by atoms with Crippen LogP contribution in [-0.2, 0) is 6.54 Å². The molecule has 0 radical (unpaired) electrons. The van der Waals surface area contributed by atoms with Crippen molar-refractivity contribution in [1.29, 1.82) is 0 Å². The van der Waals surface area contributed by atoms with Gasteiger partial charge in [-0.15, -0.1) is 5.10 Å². The van der Waals surface area contributed by atoms with Crippen molar-refractivity contribution in [2.24, 2.45) is 0 Å². The maximum atomic E-state index is 11.8. The molecule has 4 rings (SSSR count). The van der Waals surface area contributed by atoms with Gasteiger partial charge in [0.2, 0.25) is 0 Å². The summed E-state index contributed by atoms with van der Waals surface area (Å²) in [5.41, 5.74) is 1.62. The minimum Gasteiger partial charge on any atom is -0.504 e. The number of ether oxygens (including phenoxy) is 1. The molecule has 0 fully saturated rings. The molecule has 27 heavy (non-hydrogen) atoms. The molecule has 8 nitrogen and oxygen atoms in total. The van der Waals surface area contributed by atoms with Crippen LogP contribution in [0.3, 0.4) is 0 Å². The molecule has 0 spiro atoms. The lowest BCUT2D eigenvalue weighted by Gasteiger charge is -2.07. The van der Waals surface area contributed by atoms with Crippen LogP contribution in [0.15, 0.2) is 57.9 Å². The molecule has 4 aromatic rings. The fraction of sp³-hybridized carbons (Fsp3) is 0.105. The Kier molecular flexibility index (Phi) is 4.00. The molecular weight excluding hydrogens is 350 g/mol. The Labute approximate surface area is 152 Å². The number of para-hydroxylation sites is 1. The third kappa shape index (κ3) is 3.08. The fourth-order valence-corrected chi connectivity index (χ4v) is 2.91. The van der Waals surface area contributed by atoms with Crippen LogP contribution in [0, 0.1) is 0 Å². The lowest BCUT2D eigenvalue weighted by atomic mass is 10.1. The number of rotatable bonds is 4. The van der Waals surface area contributed by atoms with Crippen molar-refractivity contribution in [1.82, 2.24) is 15.0 Å². The summed E-state index contributed by atoms with van der Waals surface area (Å²) in [5, 5.41) is 28.2. The molecule has 2 N–H and O–H groups in total. The summed E-state index contributed by atoms with van der Waals surface area (Å²) < 4.78 is 12.0. The van der Waals surface area contributed by atoms with Gasteiger partial charge in [0.15, 0.2) is 11.5 Å². The lowest BCUT2D eigenvalue weighted by Crippen LogP contribution is -2.06. The van der Waals surface area contributed by atoms with Crippen LogP contribution < -0.4 is 10.4 Å². The lowest BCUT2D eigenvalue weighted by molar-refractivity contribution is 0.403. The van der Waals surface area contributed by atoms with Crippen molar-refractivity contribution in [3.8, 4) is 28.5 Å². The molecule has 2 aromatic heterocycles. The van der Waals surface area contributed by atoms with E-state index in [2.05, 4.69) is 10.3 Å². The molecule has 0 unspecified atom stereocenters. The summed E-state index contributed by atoms with van der Waals surface area (Å²) in [4.78, 5) is 11.8. The van der Waals surface area contributed by atoms with Gasteiger partial charge in [0, 0.05) is 23.1 Å². The highest BCUT2D eigenvalue weighted by molar-refractivity contribution is 5.83. The highest BCUT2D eigenvalue weighted by Crippen LogP contribution is 2.32. The number of phenolic OH excluding ortho intramolecular Hbond substituents is 2. The van der Waals surface area contributed by atoms with Crippen LogP contribution in [0.5, 0.6) is 17.2 Å². The average Bonchev–Trinajstić information content (AvgIpc) is 3.11. The summed E-state index contributed by atoms with van der Waals surface area (Å²) in [6.45, 7) is 0.231. The van der Waals surface area contributed by atoms with Crippen molar-refractivity contribution in [2.75, 3.05) is 7.11 Å². The molecule has 0 saturated heterocycles. The largest absolute Gasteiger partial charge is 0.504 e. The standard InChI is InChI=1S/C19H15N3O5/c1-26-17-5-3-2-4-12(17)14-10-22(21-20-14)9-11-6-19(25)27-18-8-16(24)15(23)7-13(11)18/h2-8,10,23-24H,9H2,1H3. The van der Waals surface area contributed by atoms with Gasteiger partial charge in [-0.3, -0.25) is 0 Å². The second-order valence-electron chi connectivity index (χ2n) is 5.93. The number of hydrogen-bond acceptors (Lipinski definition) is 7. The minimum atomic E-state index is -0.562.